The zero-order valence-corrected chi connectivity index (χ0v) is 14.5. The van der Waals surface area contributed by atoms with Crippen LogP contribution in [0.25, 0.3) is 0 Å². The minimum absolute atomic E-state index is 0.710. The van der Waals surface area contributed by atoms with Gasteiger partial charge in [-0.15, -0.1) is 0 Å². The van der Waals surface area contributed by atoms with Gasteiger partial charge >= 0.3 is 0 Å². The highest BCUT2D eigenvalue weighted by molar-refractivity contribution is 5.79. The number of aryl methyl sites for hydroxylation is 1. The second-order valence-corrected chi connectivity index (χ2v) is 5.72. The van der Waals surface area contributed by atoms with Gasteiger partial charge < -0.3 is 15.2 Å². The van der Waals surface area contributed by atoms with Crippen molar-refractivity contribution in [3.8, 4) is 0 Å². The molecule has 1 aromatic rings. The molecule has 1 heterocycles. The van der Waals surface area contributed by atoms with Crippen molar-refractivity contribution in [2.24, 2.45) is 10.9 Å². The molecular weight excluding hydrogens is 274 g/mol. The SMILES string of the molecule is CCCCC(CC)CN=C(NCC)NCCCn1ccnc1. The Morgan fingerprint density at radius 1 is 1.23 bits per heavy atom. The number of hydrogen-bond donors (Lipinski definition) is 2. The van der Waals surface area contributed by atoms with Crippen molar-refractivity contribution < 1.29 is 0 Å². The molecular formula is C17H33N5. The Morgan fingerprint density at radius 2 is 2.09 bits per heavy atom. The summed E-state index contributed by atoms with van der Waals surface area (Å²) in [4.78, 5) is 8.80. The number of aromatic nitrogens is 2. The summed E-state index contributed by atoms with van der Waals surface area (Å²) in [6.45, 7) is 10.4. The molecule has 0 aliphatic rings. The first-order valence-corrected chi connectivity index (χ1v) is 8.78. The molecule has 0 aliphatic carbocycles. The predicted octanol–water partition coefficient (Wildman–Crippen LogP) is 3.04. The minimum atomic E-state index is 0.710. The van der Waals surface area contributed by atoms with E-state index in [2.05, 4.69) is 41.0 Å². The number of unbranched alkanes of at least 4 members (excludes halogenated alkanes) is 1. The first kappa shape index (κ1) is 18.5. The van der Waals surface area contributed by atoms with Crippen LogP contribution in [0.2, 0.25) is 0 Å². The molecule has 0 spiro atoms. The summed E-state index contributed by atoms with van der Waals surface area (Å²) in [5.41, 5.74) is 0. The van der Waals surface area contributed by atoms with Crippen LogP contribution in [-0.4, -0.2) is 35.1 Å². The molecule has 0 saturated heterocycles. The summed E-state index contributed by atoms with van der Waals surface area (Å²) in [5.74, 6) is 1.66. The molecule has 2 N–H and O–H groups in total. The summed E-state index contributed by atoms with van der Waals surface area (Å²) in [6, 6.07) is 0. The summed E-state index contributed by atoms with van der Waals surface area (Å²) in [6.07, 6.45) is 11.8. The van der Waals surface area contributed by atoms with Gasteiger partial charge in [-0.3, -0.25) is 4.99 Å². The van der Waals surface area contributed by atoms with Crippen LogP contribution in [0.4, 0.5) is 0 Å². The van der Waals surface area contributed by atoms with Crippen molar-refractivity contribution in [1.82, 2.24) is 20.2 Å². The summed E-state index contributed by atoms with van der Waals surface area (Å²) >= 11 is 0. The van der Waals surface area contributed by atoms with Crippen LogP contribution in [0.3, 0.4) is 0 Å². The molecule has 1 rings (SSSR count). The highest BCUT2D eigenvalue weighted by atomic mass is 15.2. The Labute approximate surface area is 135 Å². The number of guanidine groups is 1. The number of aliphatic imine (C=N–C) groups is 1. The fourth-order valence-corrected chi connectivity index (χ4v) is 2.37. The second-order valence-electron chi connectivity index (χ2n) is 5.72. The average Bonchev–Trinajstić information content (AvgIpc) is 3.04. The normalized spacial score (nSPS) is 13.1. The molecule has 0 aromatic carbocycles. The van der Waals surface area contributed by atoms with Crippen LogP contribution < -0.4 is 10.6 Å². The molecule has 1 aromatic heterocycles. The maximum atomic E-state index is 4.75. The van der Waals surface area contributed by atoms with Crippen molar-refractivity contribution in [3.63, 3.8) is 0 Å². The summed E-state index contributed by atoms with van der Waals surface area (Å²) in [5, 5.41) is 6.76. The predicted molar refractivity (Wildman–Crippen MR) is 94.1 cm³/mol. The lowest BCUT2D eigenvalue weighted by atomic mass is 10.00. The van der Waals surface area contributed by atoms with Crippen LogP contribution in [0.5, 0.6) is 0 Å². The molecule has 0 amide bonds. The van der Waals surface area contributed by atoms with Crippen molar-refractivity contribution in [1.29, 1.82) is 0 Å². The fraction of sp³-hybridized carbons (Fsp3) is 0.765. The van der Waals surface area contributed by atoms with Gasteiger partial charge in [0.2, 0.25) is 0 Å². The Balaban J connectivity index is 2.30. The minimum Gasteiger partial charge on any atom is -0.357 e. The lowest BCUT2D eigenvalue weighted by Gasteiger charge is -2.15. The quantitative estimate of drug-likeness (QED) is 0.375. The van der Waals surface area contributed by atoms with E-state index in [-0.39, 0.29) is 0 Å². The van der Waals surface area contributed by atoms with E-state index in [4.69, 9.17) is 4.99 Å². The van der Waals surface area contributed by atoms with E-state index in [0.717, 1.165) is 38.6 Å². The van der Waals surface area contributed by atoms with Crippen molar-refractivity contribution >= 4 is 5.96 Å². The Kier molecular flexibility index (Phi) is 10.2. The molecule has 1 atom stereocenters. The second kappa shape index (κ2) is 12.1. The maximum absolute atomic E-state index is 4.75. The Morgan fingerprint density at radius 3 is 2.73 bits per heavy atom. The molecule has 0 bridgehead atoms. The third-order valence-corrected chi connectivity index (χ3v) is 3.84. The third kappa shape index (κ3) is 8.05. The van der Waals surface area contributed by atoms with Crippen molar-refractivity contribution in [2.45, 2.75) is 59.4 Å². The van der Waals surface area contributed by atoms with Crippen LogP contribution >= 0.6 is 0 Å². The number of rotatable bonds is 11. The smallest absolute Gasteiger partial charge is 0.191 e. The van der Waals surface area contributed by atoms with Gasteiger partial charge in [-0.1, -0.05) is 33.1 Å². The topological polar surface area (TPSA) is 54.2 Å². The average molecular weight is 307 g/mol. The third-order valence-electron chi connectivity index (χ3n) is 3.84. The molecule has 5 heteroatoms. The monoisotopic (exact) mass is 307 g/mol. The molecule has 0 saturated carbocycles. The van der Waals surface area contributed by atoms with E-state index in [1.54, 1.807) is 0 Å². The first-order valence-electron chi connectivity index (χ1n) is 8.78. The van der Waals surface area contributed by atoms with Gasteiger partial charge in [-0.05, 0) is 25.7 Å². The molecule has 0 aliphatic heterocycles. The number of nitrogens with one attached hydrogen (secondary N) is 2. The van der Waals surface area contributed by atoms with Gasteiger partial charge in [-0.25, -0.2) is 4.98 Å². The molecule has 0 fully saturated rings. The van der Waals surface area contributed by atoms with E-state index in [9.17, 15) is 0 Å². The van der Waals surface area contributed by atoms with Crippen molar-refractivity contribution in [2.75, 3.05) is 19.6 Å². The molecule has 1 unspecified atom stereocenters. The Hall–Kier alpha value is -1.52. The van der Waals surface area contributed by atoms with Crippen LogP contribution in [-0.2, 0) is 6.54 Å². The zero-order chi connectivity index (χ0) is 16.0. The largest absolute Gasteiger partial charge is 0.357 e. The number of hydrogen-bond acceptors (Lipinski definition) is 2. The maximum Gasteiger partial charge on any atom is 0.191 e. The molecule has 126 valence electrons. The van der Waals surface area contributed by atoms with Gasteiger partial charge in [-0.2, -0.15) is 0 Å². The Bertz CT molecular complexity index is 386. The first-order chi connectivity index (χ1) is 10.8. The van der Waals surface area contributed by atoms with E-state index in [0.29, 0.717) is 5.92 Å². The van der Waals surface area contributed by atoms with Crippen LogP contribution in [0, 0.1) is 5.92 Å². The highest BCUT2D eigenvalue weighted by Crippen LogP contribution is 2.12. The standard InChI is InChI=1S/C17H33N5/c1-4-7-9-16(5-2)14-21-17(19-6-3)20-10-8-12-22-13-11-18-15-22/h11,13,15-16H,4-10,12,14H2,1-3H3,(H2,19,20,21). The summed E-state index contributed by atoms with van der Waals surface area (Å²) in [7, 11) is 0. The zero-order valence-electron chi connectivity index (χ0n) is 14.5. The van der Waals surface area contributed by atoms with E-state index < -0.39 is 0 Å². The van der Waals surface area contributed by atoms with Gasteiger partial charge in [0.05, 0.1) is 6.33 Å². The summed E-state index contributed by atoms with van der Waals surface area (Å²) < 4.78 is 2.10. The van der Waals surface area contributed by atoms with Gasteiger partial charge in [0.1, 0.15) is 0 Å². The molecule has 0 radical (unpaired) electrons. The van der Waals surface area contributed by atoms with Gasteiger partial charge in [0, 0.05) is 38.6 Å². The molecule has 22 heavy (non-hydrogen) atoms. The van der Waals surface area contributed by atoms with E-state index in [1.807, 2.05) is 18.7 Å². The van der Waals surface area contributed by atoms with Crippen molar-refractivity contribution in [3.05, 3.63) is 18.7 Å². The lowest BCUT2D eigenvalue weighted by Crippen LogP contribution is -2.38. The molecule has 5 nitrogen and oxygen atoms in total. The van der Waals surface area contributed by atoms with Gasteiger partial charge in [0.25, 0.3) is 0 Å². The van der Waals surface area contributed by atoms with E-state index >= 15 is 0 Å². The fourth-order valence-electron chi connectivity index (χ4n) is 2.37. The van der Waals surface area contributed by atoms with E-state index in [1.165, 1.54) is 25.7 Å². The van der Waals surface area contributed by atoms with Gasteiger partial charge in [0.15, 0.2) is 5.96 Å². The lowest BCUT2D eigenvalue weighted by molar-refractivity contribution is 0.461. The highest BCUT2D eigenvalue weighted by Gasteiger charge is 2.05. The van der Waals surface area contributed by atoms with Crippen LogP contribution in [0.1, 0.15) is 52.9 Å². The number of imidazole rings is 1. The van der Waals surface area contributed by atoms with Crippen LogP contribution in [0.15, 0.2) is 23.7 Å². The number of nitrogens with zero attached hydrogens (tertiary/aromatic N) is 3.